The normalized spacial score (nSPS) is 16.2. The van der Waals surface area contributed by atoms with E-state index >= 15 is 0 Å². The number of anilines is 1. The predicted octanol–water partition coefficient (Wildman–Crippen LogP) is 3.25. The van der Waals surface area contributed by atoms with Gasteiger partial charge in [-0.15, -0.1) is 0 Å². The summed E-state index contributed by atoms with van der Waals surface area (Å²) in [5.41, 5.74) is 10.7. The molecule has 0 spiro atoms. The van der Waals surface area contributed by atoms with E-state index in [1.165, 1.54) is 29.5 Å². The van der Waals surface area contributed by atoms with E-state index in [4.69, 9.17) is 5.73 Å². The molecule has 0 atom stereocenters. The van der Waals surface area contributed by atoms with Crippen molar-refractivity contribution in [1.29, 1.82) is 0 Å². The van der Waals surface area contributed by atoms with Crippen molar-refractivity contribution < 1.29 is 4.79 Å². The van der Waals surface area contributed by atoms with Crippen LogP contribution in [0, 0.1) is 0 Å². The van der Waals surface area contributed by atoms with Gasteiger partial charge < -0.3 is 10.6 Å². The summed E-state index contributed by atoms with van der Waals surface area (Å²) in [4.78, 5) is 23.6. The zero-order valence-corrected chi connectivity index (χ0v) is 13.8. The van der Waals surface area contributed by atoms with E-state index < -0.39 is 0 Å². The number of rotatable bonds is 2. The summed E-state index contributed by atoms with van der Waals surface area (Å²) >= 11 is 0. The lowest BCUT2D eigenvalue weighted by Gasteiger charge is -2.16. The maximum atomic E-state index is 13.2. The van der Waals surface area contributed by atoms with Crippen molar-refractivity contribution in [3.05, 3.63) is 64.8 Å². The van der Waals surface area contributed by atoms with E-state index in [1.807, 2.05) is 23.1 Å². The van der Waals surface area contributed by atoms with Crippen LogP contribution in [0.3, 0.4) is 0 Å². The first-order chi connectivity index (χ1) is 12.2. The second-order valence-electron chi connectivity index (χ2n) is 6.91. The fraction of sp³-hybridized carbons (Fsp3) is 0.250. The molecule has 25 heavy (non-hydrogen) atoms. The van der Waals surface area contributed by atoms with Crippen molar-refractivity contribution in [2.24, 2.45) is 0 Å². The number of nitrogen functional groups attached to an aromatic ring is 1. The van der Waals surface area contributed by atoms with Crippen LogP contribution in [0.25, 0.3) is 10.9 Å². The Balaban J connectivity index is 1.57. The standard InChI is InChI=1S/C20H18N4O/c21-20-22-17-8-7-13(12-5-6-12)9-16(17)18(23-20)19(25)24-10-14-3-1-2-4-15(14)11-24/h1-4,7-9,12H,5-6,10-11H2,(H2,21,22,23). The summed E-state index contributed by atoms with van der Waals surface area (Å²) < 4.78 is 0. The van der Waals surface area contributed by atoms with Crippen LogP contribution in [0.15, 0.2) is 42.5 Å². The third-order valence-electron chi connectivity index (χ3n) is 5.12. The molecule has 124 valence electrons. The van der Waals surface area contributed by atoms with Crippen molar-refractivity contribution >= 4 is 22.8 Å². The van der Waals surface area contributed by atoms with Gasteiger partial charge in [-0.25, -0.2) is 9.97 Å². The Kier molecular flexibility index (Phi) is 3.04. The number of hydrogen-bond donors (Lipinski definition) is 1. The molecule has 5 rings (SSSR count). The van der Waals surface area contributed by atoms with E-state index in [9.17, 15) is 4.79 Å². The molecule has 0 radical (unpaired) electrons. The molecule has 1 aliphatic heterocycles. The molecule has 2 N–H and O–H groups in total. The zero-order chi connectivity index (χ0) is 17.0. The molecule has 0 unspecified atom stereocenters. The summed E-state index contributed by atoms with van der Waals surface area (Å²) in [7, 11) is 0. The lowest BCUT2D eigenvalue weighted by molar-refractivity contribution is 0.0747. The van der Waals surface area contributed by atoms with Gasteiger partial charge in [0.1, 0.15) is 5.69 Å². The Morgan fingerprint density at radius 1 is 1.04 bits per heavy atom. The number of carbonyl (C=O) groups excluding carboxylic acids is 1. The highest BCUT2D eigenvalue weighted by Crippen LogP contribution is 2.41. The third kappa shape index (κ3) is 2.43. The number of aromatic nitrogens is 2. The molecule has 2 aliphatic rings. The first-order valence-electron chi connectivity index (χ1n) is 8.62. The molecule has 0 saturated heterocycles. The topological polar surface area (TPSA) is 72.1 Å². The highest BCUT2D eigenvalue weighted by molar-refractivity contribution is 6.05. The molecular weight excluding hydrogens is 312 g/mol. The Morgan fingerprint density at radius 2 is 1.76 bits per heavy atom. The molecule has 2 heterocycles. The van der Waals surface area contributed by atoms with Gasteiger partial charge in [-0.3, -0.25) is 4.79 Å². The average Bonchev–Trinajstić information content (AvgIpc) is 3.38. The van der Waals surface area contributed by atoms with E-state index in [0.717, 1.165) is 10.9 Å². The molecule has 5 heteroatoms. The SMILES string of the molecule is Nc1nc(C(=O)N2Cc3ccccc3C2)c2cc(C3CC3)ccc2n1. The quantitative estimate of drug-likeness (QED) is 0.783. The fourth-order valence-corrected chi connectivity index (χ4v) is 3.62. The largest absolute Gasteiger partial charge is 0.368 e. The summed E-state index contributed by atoms with van der Waals surface area (Å²) in [6, 6.07) is 14.3. The van der Waals surface area contributed by atoms with Crippen LogP contribution in [0.5, 0.6) is 0 Å². The van der Waals surface area contributed by atoms with Crippen molar-refractivity contribution in [3.63, 3.8) is 0 Å². The number of fused-ring (bicyclic) bond motifs is 2. The van der Waals surface area contributed by atoms with Gasteiger partial charge in [0.15, 0.2) is 0 Å². The molecule has 1 aliphatic carbocycles. The van der Waals surface area contributed by atoms with Crippen LogP contribution in [0.2, 0.25) is 0 Å². The molecular formula is C20H18N4O. The molecule has 2 aromatic carbocycles. The van der Waals surface area contributed by atoms with E-state index in [1.54, 1.807) is 0 Å². The second-order valence-corrected chi connectivity index (χ2v) is 6.91. The fourth-order valence-electron chi connectivity index (χ4n) is 3.62. The third-order valence-corrected chi connectivity index (χ3v) is 5.12. The maximum absolute atomic E-state index is 13.2. The monoisotopic (exact) mass is 330 g/mol. The first-order valence-corrected chi connectivity index (χ1v) is 8.62. The summed E-state index contributed by atoms with van der Waals surface area (Å²) in [5, 5.41) is 0.805. The minimum absolute atomic E-state index is 0.0803. The van der Waals surface area contributed by atoms with Crippen LogP contribution in [0.1, 0.15) is 45.9 Å². The van der Waals surface area contributed by atoms with Gasteiger partial charge in [0.25, 0.3) is 5.91 Å². The Bertz CT molecular complexity index is 985. The number of amides is 1. The maximum Gasteiger partial charge on any atom is 0.273 e. The lowest BCUT2D eigenvalue weighted by Crippen LogP contribution is -2.27. The second kappa shape index (κ2) is 5.28. The minimum Gasteiger partial charge on any atom is -0.368 e. The summed E-state index contributed by atoms with van der Waals surface area (Å²) in [6.07, 6.45) is 2.43. The van der Waals surface area contributed by atoms with Crippen LogP contribution in [0.4, 0.5) is 5.95 Å². The zero-order valence-electron chi connectivity index (χ0n) is 13.8. The van der Waals surface area contributed by atoms with E-state index in [0.29, 0.717) is 24.7 Å². The molecule has 1 fully saturated rings. The average molecular weight is 330 g/mol. The predicted molar refractivity (Wildman–Crippen MR) is 95.9 cm³/mol. The van der Waals surface area contributed by atoms with Crippen molar-refractivity contribution in [3.8, 4) is 0 Å². The van der Waals surface area contributed by atoms with Gasteiger partial charge >= 0.3 is 0 Å². The van der Waals surface area contributed by atoms with Crippen LogP contribution >= 0.6 is 0 Å². The Labute approximate surface area is 145 Å². The molecule has 1 amide bonds. The lowest BCUT2D eigenvalue weighted by atomic mass is 10.1. The number of benzene rings is 2. The first kappa shape index (κ1) is 14.4. The van der Waals surface area contributed by atoms with E-state index in [2.05, 4.69) is 34.2 Å². The smallest absolute Gasteiger partial charge is 0.273 e. The highest BCUT2D eigenvalue weighted by atomic mass is 16.2. The van der Waals surface area contributed by atoms with Gasteiger partial charge in [-0.05, 0) is 47.6 Å². The van der Waals surface area contributed by atoms with Gasteiger partial charge in [0, 0.05) is 18.5 Å². The molecule has 1 aromatic heterocycles. The van der Waals surface area contributed by atoms with E-state index in [-0.39, 0.29) is 11.9 Å². The Hall–Kier alpha value is -2.95. The van der Waals surface area contributed by atoms with Crippen LogP contribution < -0.4 is 5.73 Å². The highest BCUT2D eigenvalue weighted by Gasteiger charge is 2.28. The molecule has 3 aromatic rings. The van der Waals surface area contributed by atoms with Crippen LogP contribution in [-0.2, 0) is 13.1 Å². The van der Waals surface area contributed by atoms with Crippen molar-refractivity contribution in [2.45, 2.75) is 31.8 Å². The number of hydrogen-bond acceptors (Lipinski definition) is 4. The molecule has 0 bridgehead atoms. The number of nitrogens with two attached hydrogens (primary N) is 1. The van der Waals surface area contributed by atoms with Crippen molar-refractivity contribution in [2.75, 3.05) is 5.73 Å². The Morgan fingerprint density at radius 3 is 2.44 bits per heavy atom. The summed E-state index contributed by atoms with van der Waals surface area (Å²) in [6.45, 7) is 1.23. The number of nitrogens with zero attached hydrogens (tertiary/aromatic N) is 3. The minimum atomic E-state index is -0.0803. The van der Waals surface area contributed by atoms with Gasteiger partial charge in [0.05, 0.1) is 5.52 Å². The van der Waals surface area contributed by atoms with Gasteiger partial charge in [-0.1, -0.05) is 30.3 Å². The summed E-state index contributed by atoms with van der Waals surface area (Å²) in [5.74, 6) is 0.677. The number of carbonyl (C=O) groups is 1. The van der Waals surface area contributed by atoms with Gasteiger partial charge in [0.2, 0.25) is 5.95 Å². The molecule has 1 saturated carbocycles. The van der Waals surface area contributed by atoms with Crippen molar-refractivity contribution in [1.82, 2.24) is 14.9 Å². The van der Waals surface area contributed by atoms with Gasteiger partial charge in [-0.2, -0.15) is 0 Å². The molecule has 5 nitrogen and oxygen atoms in total. The van der Waals surface area contributed by atoms with Crippen LogP contribution in [-0.4, -0.2) is 20.8 Å².